The van der Waals surface area contributed by atoms with Crippen LogP contribution in [-0.4, -0.2) is 17.8 Å². The molecule has 15 heavy (non-hydrogen) atoms. The Labute approximate surface area is 95.1 Å². The molecular formula is C12H15ClO2. The van der Waals surface area contributed by atoms with Crippen molar-refractivity contribution in [3.05, 3.63) is 41.4 Å². The van der Waals surface area contributed by atoms with E-state index in [2.05, 4.69) is 6.58 Å². The van der Waals surface area contributed by atoms with Crippen molar-refractivity contribution in [2.45, 2.75) is 19.4 Å². The molecule has 1 atom stereocenters. The summed E-state index contributed by atoms with van der Waals surface area (Å²) in [6.45, 7) is 5.88. The summed E-state index contributed by atoms with van der Waals surface area (Å²) in [5, 5.41) is 10.2. The standard InChI is InChI=1S/C12H15ClO2/c1-9(2)7-11(14)8-15-12-5-3-10(13)4-6-12/h3-6,11,14H,1,7-8H2,2H3. The van der Waals surface area contributed by atoms with Gasteiger partial charge in [-0.05, 0) is 37.6 Å². The van der Waals surface area contributed by atoms with Gasteiger partial charge in [-0.25, -0.2) is 0 Å². The van der Waals surface area contributed by atoms with Crippen LogP contribution < -0.4 is 4.74 Å². The van der Waals surface area contributed by atoms with Gasteiger partial charge in [-0.15, -0.1) is 6.58 Å². The van der Waals surface area contributed by atoms with E-state index in [4.69, 9.17) is 16.3 Å². The van der Waals surface area contributed by atoms with Crippen molar-refractivity contribution in [2.75, 3.05) is 6.61 Å². The highest BCUT2D eigenvalue weighted by atomic mass is 35.5. The van der Waals surface area contributed by atoms with Gasteiger partial charge in [0.2, 0.25) is 0 Å². The second-order valence-electron chi connectivity index (χ2n) is 3.58. The lowest BCUT2D eigenvalue weighted by molar-refractivity contribution is 0.108. The van der Waals surface area contributed by atoms with Crippen molar-refractivity contribution >= 4 is 11.6 Å². The molecule has 0 fully saturated rings. The maximum absolute atomic E-state index is 9.52. The maximum atomic E-state index is 9.52. The quantitative estimate of drug-likeness (QED) is 0.782. The van der Waals surface area contributed by atoms with Crippen LogP contribution in [0.5, 0.6) is 5.75 Å². The molecule has 2 nitrogen and oxygen atoms in total. The highest BCUT2D eigenvalue weighted by Gasteiger charge is 2.05. The van der Waals surface area contributed by atoms with Crippen LogP contribution in [0.3, 0.4) is 0 Å². The van der Waals surface area contributed by atoms with E-state index in [0.29, 0.717) is 17.2 Å². The fraction of sp³-hybridized carbons (Fsp3) is 0.333. The Balaban J connectivity index is 2.36. The summed E-state index contributed by atoms with van der Waals surface area (Å²) < 4.78 is 5.37. The normalized spacial score (nSPS) is 12.2. The van der Waals surface area contributed by atoms with Gasteiger partial charge in [0.15, 0.2) is 0 Å². The summed E-state index contributed by atoms with van der Waals surface area (Å²) in [4.78, 5) is 0. The number of benzene rings is 1. The molecule has 0 radical (unpaired) electrons. The highest BCUT2D eigenvalue weighted by molar-refractivity contribution is 6.30. The predicted molar refractivity (Wildman–Crippen MR) is 62.4 cm³/mol. The summed E-state index contributed by atoms with van der Waals surface area (Å²) in [6.07, 6.45) is 0.0614. The van der Waals surface area contributed by atoms with Crippen molar-refractivity contribution in [1.82, 2.24) is 0 Å². The molecule has 82 valence electrons. The molecule has 1 rings (SSSR count). The average molecular weight is 227 g/mol. The van der Waals surface area contributed by atoms with E-state index in [0.717, 1.165) is 5.57 Å². The molecule has 1 unspecified atom stereocenters. The molecule has 1 aromatic rings. The van der Waals surface area contributed by atoms with E-state index in [1.54, 1.807) is 24.3 Å². The maximum Gasteiger partial charge on any atom is 0.119 e. The Hall–Kier alpha value is -0.990. The van der Waals surface area contributed by atoms with Gasteiger partial charge in [0.25, 0.3) is 0 Å². The fourth-order valence-corrected chi connectivity index (χ4v) is 1.31. The van der Waals surface area contributed by atoms with Crippen LogP contribution in [-0.2, 0) is 0 Å². The lowest BCUT2D eigenvalue weighted by atomic mass is 10.1. The van der Waals surface area contributed by atoms with E-state index >= 15 is 0 Å². The van der Waals surface area contributed by atoms with E-state index in [1.165, 1.54) is 0 Å². The first-order chi connectivity index (χ1) is 7.08. The molecule has 0 aliphatic rings. The molecule has 0 bridgehead atoms. The molecule has 0 heterocycles. The van der Waals surface area contributed by atoms with Crippen molar-refractivity contribution in [1.29, 1.82) is 0 Å². The van der Waals surface area contributed by atoms with Crippen LogP contribution >= 0.6 is 11.6 Å². The first kappa shape index (κ1) is 12.1. The van der Waals surface area contributed by atoms with Gasteiger partial charge in [-0.3, -0.25) is 0 Å². The van der Waals surface area contributed by atoms with Gasteiger partial charge in [0.05, 0.1) is 6.10 Å². The van der Waals surface area contributed by atoms with Gasteiger partial charge in [0.1, 0.15) is 12.4 Å². The largest absolute Gasteiger partial charge is 0.491 e. The third-order valence-electron chi connectivity index (χ3n) is 1.84. The number of ether oxygens (including phenoxy) is 1. The van der Waals surface area contributed by atoms with Crippen LogP contribution in [0.15, 0.2) is 36.4 Å². The fourth-order valence-electron chi connectivity index (χ4n) is 1.18. The first-order valence-electron chi connectivity index (χ1n) is 4.78. The van der Waals surface area contributed by atoms with Gasteiger partial charge in [-0.2, -0.15) is 0 Å². The topological polar surface area (TPSA) is 29.5 Å². The summed E-state index contributed by atoms with van der Waals surface area (Å²) in [5.41, 5.74) is 0.946. The van der Waals surface area contributed by atoms with Crippen LogP contribution in [0.1, 0.15) is 13.3 Å². The zero-order chi connectivity index (χ0) is 11.3. The Morgan fingerprint density at radius 2 is 2.07 bits per heavy atom. The smallest absolute Gasteiger partial charge is 0.119 e. The summed E-state index contributed by atoms with van der Waals surface area (Å²) in [7, 11) is 0. The number of rotatable bonds is 5. The molecule has 0 spiro atoms. The zero-order valence-corrected chi connectivity index (χ0v) is 9.50. The highest BCUT2D eigenvalue weighted by Crippen LogP contribution is 2.16. The zero-order valence-electron chi connectivity index (χ0n) is 8.74. The van der Waals surface area contributed by atoms with Crippen molar-refractivity contribution < 1.29 is 9.84 Å². The van der Waals surface area contributed by atoms with Gasteiger partial charge in [0, 0.05) is 5.02 Å². The third-order valence-corrected chi connectivity index (χ3v) is 2.09. The van der Waals surface area contributed by atoms with E-state index < -0.39 is 6.10 Å². The monoisotopic (exact) mass is 226 g/mol. The molecule has 0 aliphatic carbocycles. The Kier molecular flexibility index (Phi) is 4.66. The Bertz CT molecular complexity index is 319. The molecule has 0 aromatic heterocycles. The molecule has 1 N–H and O–H groups in total. The average Bonchev–Trinajstić information content (AvgIpc) is 2.16. The minimum absolute atomic E-state index is 0.272. The van der Waals surface area contributed by atoms with Gasteiger partial charge in [-0.1, -0.05) is 17.2 Å². The van der Waals surface area contributed by atoms with Crippen LogP contribution in [0.4, 0.5) is 0 Å². The van der Waals surface area contributed by atoms with Crippen LogP contribution in [0.2, 0.25) is 5.02 Å². The van der Waals surface area contributed by atoms with Crippen molar-refractivity contribution in [2.24, 2.45) is 0 Å². The van der Waals surface area contributed by atoms with Crippen LogP contribution in [0, 0.1) is 0 Å². The molecular weight excluding hydrogens is 212 g/mol. The predicted octanol–water partition coefficient (Wildman–Crippen LogP) is 3.05. The molecule has 0 amide bonds. The number of aliphatic hydroxyl groups is 1. The van der Waals surface area contributed by atoms with E-state index in [-0.39, 0.29) is 6.61 Å². The molecule has 3 heteroatoms. The number of hydrogen-bond donors (Lipinski definition) is 1. The summed E-state index contributed by atoms with van der Waals surface area (Å²) in [5.74, 6) is 0.708. The molecule has 0 aliphatic heterocycles. The molecule has 0 saturated heterocycles. The minimum Gasteiger partial charge on any atom is -0.491 e. The third kappa shape index (κ3) is 4.86. The van der Waals surface area contributed by atoms with Crippen LogP contribution in [0.25, 0.3) is 0 Å². The van der Waals surface area contributed by atoms with E-state index in [1.807, 2.05) is 6.92 Å². The second-order valence-corrected chi connectivity index (χ2v) is 4.02. The number of aliphatic hydroxyl groups excluding tert-OH is 1. The Morgan fingerprint density at radius 3 is 2.60 bits per heavy atom. The lowest BCUT2D eigenvalue weighted by Crippen LogP contribution is -2.17. The first-order valence-corrected chi connectivity index (χ1v) is 5.16. The van der Waals surface area contributed by atoms with Gasteiger partial charge < -0.3 is 9.84 Å². The molecule has 1 aromatic carbocycles. The Morgan fingerprint density at radius 1 is 1.47 bits per heavy atom. The van der Waals surface area contributed by atoms with Crippen molar-refractivity contribution in [3.8, 4) is 5.75 Å². The number of halogens is 1. The lowest BCUT2D eigenvalue weighted by Gasteiger charge is -2.12. The van der Waals surface area contributed by atoms with Gasteiger partial charge >= 0.3 is 0 Å². The SMILES string of the molecule is C=C(C)CC(O)COc1ccc(Cl)cc1. The van der Waals surface area contributed by atoms with Crippen molar-refractivity contribution in [3.63, 3.8) is 0 Å². The second kappa shape index (κ2) is 5.79. The molecule has 0 saturated carbocycles. The minimum atomic E-state index is -0.502. The summed E-state index contributed by atoms with van der Waals surface area (Å²) in [6, 6.07) is 7.05. The number of hydrogen-bond acceptors (Lipinski definition) is 2. The van der Waals surface area contributed by atoms with E-state index in [9.17, 15) is 5.11 Å². The summed E-state index contributed by atoms with van der Waals surface area (Å²) >= 11 is 5.73.